The highest BCUT2D eigenvalue weighted by atomic mass is 16.5. The van der Waals surface area contributed by atoms with Crippen molar-refractivity contribution >= 4 is 5.91 Å². The summed E-state index contributed by atoms with van der Waals surface area (Å²) in [6, 6.07) is 12.4. The number of benzene rings is 1. The predicted octanol–water partition coefficient (Wildman–Crippen LogP) is 1.97. The molecule has 0 aliphatic carbocycles. The van der Waals surface area contributed by atoms with Crippen molar-refractivity contribution in [3.63, 3.8) is 0 Å². The average Bonchev–Trinajstić information content (AvgIpc) is 3.06. The van der Waals surface area contributed by atoms with Gasteiger partial charge in [-0.3, -0.25) is 9.69 Å². The number of carbonyl (C=O) groups excluding carboxylic acids is 1. The Kier molecular flexibility index (Phi) is 7.25. The van der Waals surface area contributed by atoms with Gasteiger partial charge in [0.25, 0.3) is 0 Å². The van der Waals surface area contributed by atoms with E-state index in [4.69, 9.17) is 15.3 Å². The molecule has 1 amide bonds. The second-order valence-electron chi connectivity index (χ2n) is 6.20. The van der Waals surface area contributed by atoms with Gasteiger partial charge in [0.2, 0.25) is 5.91 Å². The van der Waals surface area contributed by atoms with E-state index in [1.165, 1.54) is 10.5 Å². The predicted molar refractivity (Wildman–Crippen MR) is 93.7 cm³/mol. The molecular formula is C19H24N4O2. The summed E-state index contributed by atoms with van der Waals surface area (Å²) < 4.78 is 5.28. The Bertz CT molecular complexity index is 646. The van der Waals surface area contributed by atoms with Crippen molar-refractivity contribution in [1.82, 2.24) is 9.80 Å². The summed E-state index contributed by atoms with van der Waals surface area (Å²) in [6.07, 6.45) is 3.53. The summed E-state index contributed by atoms with van der Waals surface area (Å²) in [5.41, 5.74) is 1.23. The topological polar surface area (TPSA) is 80.4 Å². The summed E-state index contributed by atoms with van der Waals surface area (Å²) in [6.45, 7) is 1.60. The highest BCUT2D eigenvalue weighted by Crippen LogP contribution is 2.23. The van der Waals surface area contributed by atoms with Gasteiger partial charge in [0.15, 0.2) is 0 Å². The van der Waals surface area contributed by atoms with Crippen molar-refractivity contribution in [3.8, 4) is 17.9 Å². The fourth-order valence-corrected chi connectivity index (χ4v) is 3.29. The number of likely N-dealkylation sites (tertiary alicyclic amines) is 1. The smallest absolute Gasteiger partial charge is 0.225 e. The first-order valence-corrected chi connectivity index (χ1v) is 8.56. The van der Waals surface area contributed by atoms with Crippen LogP contribution in [0.3, 0.4) is 0 Å². The van der Waals surface area contributed by atoms with Gasteiger partial charge in [-0.15, -0.1) is 0 Å². The van der Waals surface area contributed by atoms with Crippen LogP contribution in [0, 0.1) is 22.7 Å². The van der Waals surface area contributed by atoms with E-state index in [0.29, 0.717) is 19.0 Å². The molecule has 6 heteroatoms. The number of methoxy groups -OCH3 is 1. The number of carbonyl (C=O) groups is 1. The van der Waals surface area contributed by atoms with Gasteiger partial charge in [-0.1, -0.05) is 12.1 Å². The van der Waals surface area contributed by atoms with E-state index in [2.05, 4.69) is 17.0 Å². The minimum absolute atomic E-state index is 0.0281. The van der Waals surface area contributed by atoms with Crippen LogP contribution in [0.1, 0.15) is 24.8 Å². The molecule has 6 nitrogen and oxygen atoms in total. The molecule has 1 saturated heterocycles. The second-order valence-corrected chi connectivity index (χ2v) is 6.20. The molecule has 132 valence electrons. The van der Waals surface area contributed by atoms with E-state index >= 15 is 0 Å². The van der Waals surface area contributed by atoms with Crippen LogP contribution in [0.2, 0.25) is 0 Å². The first-order valence-electron chi connectivity index (χ1n) is 8.56. The van der Waals surface area contributed by atoms with E-state index in [0.717, 1.165) is 31.6 Å². The molecule has 0 unspecified atom stereocenters. The summed E-state index contributed by atoms with van der Waals surface area (Å²) >= 11 is 0. The second kappa shape index (κ2) is 9.66. The van der Waals surface area contributed by atoms with Crippen molar-refractivity contribution in [2.45, 2.75) is 31.7 Å². The molecule has 1 atom stereocenters. The van der Waals surface area contributed by atoms with E-state index < -0.39 is 0 Å². The molecule has 2 rings (SSSR count). The Morgan fingerprint density at radius 3 is 2.80 bits per heavy atom. The van der Waals surface area contributed by atoms with Crippen LogP contribution in [0.25, 0.3) is 0 Å². The van der Waals surface area contributed by atoms with Crippen molar-refractivity contribution < 1.29 is 9.53 Å². The first-order chi connectivity index (χ1) is 12.2. The van der Waals surface area contributed by atoms with Crippen LogP contribution >= 0.6 is 0 Å². The van der Waals surface area contributed by atoms with Crippen molar-refractivity contribution in [2.75, 3.05) is 33.3 Å². The van der Waals surface area contributed by atoms with Crippen LogP contribution in [0.15, 0.2) is 24.3 Å². The molecule has 1 aromatic carbocycles. The highest BCUT2D eigenvalue weighted by molar-refractivity contribution is 5.76. The van der Waals surface area contributed by atoms with Crippen LogP contribution in [0.4, 0.5) is 0 Å². The quantitative estimate of drug-likeness (QED) is 0.676. The standard InChI is InChI=1S/C19H24N4O2/c1-25-18-6-2-4-16(15-18)14-17-5-3-10-22(17)11-7-19(24)23(12-8-20)13-9-21/h2,4,6,15,17H,3,5,7,10-14H2,1H3/t17-/m1/s1. The maximum atomic E-state index is 12.2. The number of nitrogens with zero attached hydrogens (tertiary/aromatic N) is 4. The van der Waals surface area contributed by atoms with Gasteiger partial charge in [0, 0.05) is 19.0 Å². The maximum absolute atomic E-state index is 12.2. The fourth-order valence-electron chi connectivity index (χ4n) is 3.29. The molecule has 0 bridgehead atoms. The molecule has 1 aliphatic rings. The normalized spacial score (nSPS) is 16.8. The van der Waals surface area contributed by atoms with Crippen molar-refractivity contribution in [2.24, 2.45) is 0 Å². The highest BCUT2D eigenvalue weighted by Gasteiger charge is 2.25. The Balaban J connectivity index is 1.89. The van der Waals surface area contributed by atoms with E-state index in [9.17, 15) is 4.79 Å². The number of hydrogen-bond donors (Lipinski definition) is 0. The Hall–Kier alpha value is -2.57. The lowest BCUT2D eigenvalue weighted by Gasteiger charge is -2.25. The molecule has 0 saturated carbocycles. The largest absolute Gasteiger partial charge is 0.497 e. The lowest BCUT2D eigenvalue weighted by molar-refractivity contribution is -0.130. The fraction of sp³-hybridized carbons (Fsp3) is 0.526. The number of nitriles is 2. The minimum atomic E-state index is -0.130. The Labute approximate surface area is 149 Å². The third-order valence-corrected chi connectivity index (χ3v) is 4.59. The molecule has 1 heterocycles. The zero-order chi connectivity index (χ0) is 18.1. The maximum Gasteiger partial charge on any atom is 0.225 e. The molecule has 1 fully saturated rings. The molecule has 0 spiro atoms. The summed E-state index contributed by atoms with van der Waals surface area (Å²) in [5, 5.41) is 17.5. The zero-order valence-corrected chi connectivity index (χ0v) is 14.6. The number of ether oxygens (including phenoxy) is 1. The molecular weight excluding hydrogens is 316 g/mol. The van der Waals surface area contributed by atoms with Gasteiger partial charge in [0.05, 0.1) is 19.2 Å². The number of rotatable bonds is 8. The van der Waals surface area contributed by atoms with E-state index in [1.54, 1.807) is 7.11 Å². The lowest BCUT2D eigenvalue weighted by atomic mass is 10.0. The summed E-state index contributed by atoms with van der Waals surface area (Å²) in [7, 11) is 1.67. The van der Waals surface area contributed by atoms with E-state index in [-0.39, 0.29) is 19.0 Å². The summed E-state index contributed by atoms with van der Waals surface area (Å²) in [5.74, 6) is 0.732. The molecule has 1 aliphatic heterocycles. The SMILES string of the molecule is COc1cccc(C[C@H]2CCCN2CCC(=O)N(CC#N)CC#N)c1. The van der Waals surface area contributed by atoms with Crippen molar-refractivity contribution in [1.29, 1.82) is 10.5 Å². The Morgan fingerprint density at radius 2 is 2.12 bits per heavy atom. The molecule has 0 aromatic heterocycles. The van der Waals surface area contributed by atoms with Gasteiger partial charge in [0.1, 0.15) is 18.8 Å². The van der Waals surface area contributed by atoms with Crippen LogP contribution in [-0.2, 0) is 11.2 Å². The van der Waals surface area contributed by atoms with Gasteiger partial charge in [-0.25, -0.2) is 0 Å². The van der Waals surface area contributed by atoms with Gasteiger partial charge in [-0.2, -0.15) is 10.5 Å². The third-order valence-electron chi connectivity index (χ3n) is 4.59. The zero-order valence-electron chi connectivity index (χ0n) is 14.6. The van der Waals surface area contributed by atoms with Crippen LogP contribution in [0.5, 0.6) is 5.75 Å². The van der Waals surface area contributed by atoms with E-state index in [1.807, 2.05) is 24.3 Å². The molecule has 1 aromatic rings. The Morgan fingerprint density at radius 1 is 1.36 bits per heavy atom. The van der Waals surface area contributed by atoms with Crippen molar-refractivity contribution in [3.05, 3.63) is 29.8 Å². The molecule has 25 heavy (non-hydrogen) atoms. The monoisotopic (exact) mass is 340 g/mol. The lowest BCUT2D eigenvalue weighted by Crippen LogP contribution is -2.37. The molecule has 0 N–H and O–H groups in total. The summed E-state index contributed by atoms with van der Waals surface area (Å²) in [4.78, 5) is 15.9. The van der Waals surface area contributed by atoms with Gasteiger partial charge >= 0.3 is 0 Å². The van der Waals surface area contributed by atoms with Crippen LogP contribution in [-0.4, -0.2) is 55.0 Å². The average molecular weight is 340 g/mol. The first kappa shape index (κ1) is 18.8. The number of hydrogen-bond acceptors (Lipinski definition) is 5. The third kappa shape index (κ3) is 5.48. The number of amides is 1. The van der Waals surface area contributed by atoms with Gasteiger partial charge in [-0.05, 0) is 43.5 Å². The van der Waals surface area contributed by atoms with Crippen LogP contribution < -0.4 is 4.74 Å². The minimum Gasteiger partial charge on any atom is -0.497 e. The molecule has 0 radical (unpaired) electrons. The van der Waals surface area contributed by atoms with Gasteiger partial charge < -0.3 is 9.64 Å².